The molecule has 3 heterocycles. The van der Waals surface area contributed by atoms with Gasteiger partial charge in [0.05, 0.1) is 6.20 Å². The van der Waals surface area contributed by atoms with Crippen molar-refractivity contribution < 1.29 is 27.2 Å². The van der Waals surface area contributed by atoms with Gasteiger partial charge >= 0.3 is 6.18 Å². The summed E-state index contributed by atoms with van der Waals surface area (Å²) in [7, 11) is 1.68. The predicted octanol–water partition coefficient (Wildman–Crippen LogP) is 4.16. The van der Waals surface area contributed by atoms with Crippen molar-refractivity contribution >= 4 is 34.6 Å². The van der Waals surface area contributed by atoms with Crippen molar-refractivity contribution in [1.82, 2.24) is 14.8 Å². The Bertz CT molecular complexity index is 1210. The van der Waals surface area contributed by atoms with Gasteiger partial charge < -0.3 is 9.73 Å². The fourth-order valence-electron chi connectivity index (χ4n) is 3.91. The van der Waals surface area contributed by atoms with E-state index in [1.165, 1.54) is 21.9 Å². The summed E-state index contributed by atoms with van der Waals surface area (Å²) in [5, 5.41) is 7.00. The number of aliphatic imine (C=N–C) groups is 1. The monoisotopic (exact) mass is 490 g/mol. The number of anilines is 2. The predicted molar refractivity (Wildman–Crippen MR) is 123 cm³/mol. The molecule has 2 amide bonds. The number of nitrogens with zero attached hydrogens (tertiary/aromatic N) is 5. The van der Waals surface area contributed by atoms with Gasteiger partial charge in [-0.25, -0.2) is 4.98 Å². The van der Waals surface area contributed by atoms with Gasteiger partial charge in [-0.05, 0) is 31.3 Å². The summed E-state index contributed by atoms with van der Waals surface area (Å²) in [5.74, 6) is -0.174. The number of rotatable bonds is 6. The van der Waals surface area contributed by atoms with Crippen molar-refractivity contribution in [3.63, 3.8) is 0 Å². The molecule has 35 heavy (non-hydrogen) atoms. The first-order valence-electron chi connectivity index (χ1n) is 11.2. The van der Waals surface area contributed by atoms with Gasteiger partial charge in [0.15, 0.2) is 11.5 Å². The molecule has 1 unspecified atom stereocenters. The van der Waals surface area contributed by atoms with E-state index >= 15 is 0 Å². The highest BCUT2D eigenvalue weighted by Gasteiger charge is 2.29. The van der Waals surface area contributed by atoms with E-state index in [-0.39, 0.29) is 29.1 Å². The summed E-state index contributed by atoms with van der Waals surface area (Å²) >= 11 is 0. The van der Waals surface area contributed by atoms with E-state index in [2.05, 4.69) is 20.4 Å². The second kappa shape index (κ2) is 9.88. The normalized spacial score (nSPS) is 19.9. The molecule has 0 saturated carbocycles. The quantitative estimate of drug-likeness (QED) is 0.655. The minimum Gasteiger partial charge on any atom is -0.444 e. The number of amides is 2. The number of carbonyl (C=O) groups excluding carboxylic acids is 2. The number of halogens is 3. The summed E-state index contributed by atoms with van der Waals surface area (Å²) in [6.45, 7) is 1.19. The van der Waals surface area contributed by atoms with Gasteiger partial charge in [0.2, 0.25) is 11.8 Å². The summed E-state index contributed by atoms with van der Waals surface area (Å²) in [4.78, 5) is 34.5. The lowest BCUT2D eigenvalue weighted by Gasteiger charge is -2.14. The van der Waals surface area contributed by atoms with Crippen molar-refractivity contribution in [3.05, 3.63) is 42.3 Å². The molecule has 2 aromatic heterocycles. The highest BCUT2D eigenvalue weighted by atomic mass is 19.4. The van der Waals surface area contributed by atoms with Crippen LogP contribution in [0.5, 0.6) is 0 Å². The Balaban J connectivity index is 1.55. The molecule has 0 aromatic carbocycles. The molecule has 1 aliphatic carbocycles. The van der Waals surface area contributed by atoms with Crippen LogP contribution in [0.4, 0.5) is 24.7 Å². The third-order valence-electron chi connectivity index (χ3n) is 5.70. The lowest BCUT2D eigenvalue weighted by Crippen LogP contribution is -2.26. The van der Waals surface area contributed by atoms with Crippen LogP contribution >= 0.6 is 0 Å². The Morgan fingerprint density at radius 2 is 2.17 bits per heavy atom. The zero-order chi connectivity index (χ0) is 25.2. The lowest BCUT2D eigenvalue weighted by molar-refractivity contribution is -0.118. The van der Waals surface area contributed by atoms with E-state index in [1.807, 2.05) is 13.0 Å². The van der Waals surface area contributed by atoms with Gasteiger partial charge in [-0.3, -0.25) is 24.2 Å². The maximum atomic E-state index is 12.9. The fourth-order valence-corrected chi connectivity index (χ4v) is 3.91. The average molecular weight is 490 g/mol. The minimum absolute atomic E-state index is 0.0192. The smallest absolute Gasteiger partial charge is 0.407 e. The average Bonchev–Trinajstić information content (AvgIpc) is 3.49. The van der Waals surface area contributed by atoms with Crippen molar-refractivity contribution in [3.8, 4) is 0 Å². The Hall–Kier alpha value is -3.70. The maximum Gasteiger partial charge on any atom is 0.407 e. The van der Waals surface area contributed by atoms with Crippen molar-refractivity contribution in [2.75, 3.05) is 23.3 Å². The largest absolute Gasteiger partial charge is 0.444 e. The Labute approximate surface area is 199 Å². The third-order valence-corrected chi connectivity index (χ3v) is 5.70. The van der Waals surface area contributed by atoms with E-state index in [0.29, 0.717) is 42.9 Å². The summed E-state index contributed by atoms with van der Waals surface area (Å²) in [6, 6.07) is 0. The molecular weight excluding hydrogens is 465 g/mol. The Morgan fingerprint density at radius 3 is 2.86 bits per heavy atom. The molecule has 9 nitrogen and oxygen atoms in total. The number of aromatic nitrogens is 3. The van der Waals surface area contributed by atoms with Crippen LogP contribution in [0.15, 0.2) is 40.1 Å². The molecule has 0 bridgehead atoms. The summed E-state index contributed by atoms with van der Waals surface area (Å²) in [6.07, 6.45) is 5.68. The van der Waals surface area contributed by atoms with Crippen molar-refractivity contribution in [1.29, 1.82) is 0 Å². The van der Waals surface area contributed by atoms with E-state index in [4.69, 9.17) is 4.42 Å². The van der Waals surface area contributed by atoms with Gasteiger partial charge in [0, 0.05) is 31.3 Å². The van der Waals surface area contributed by atoms with Crippen LogP contribution < -0.4 is 10.2 Å². The molecule has 2 aromatic rings. The first-order chi connectivity index (χ1) is 16.6. The summed E-state index contributed by atoms with van der Waals surface area (Å²) in [5.41, 5.74) is 1.04. The number of alkyl halides is 3. The number of nitrogens with one attached hydrogen (secondary N) is 1. The van der Waals surface area contributed by atoms with Gasteiger partial charge in [-0.2, -0.15) is 18.3 Å². The molecular formula is C23H25F3N6O3. The molecule has 1 atom stereocenters. The molecule has 2 aliphatic rings. The molecule has 4 rings (SSSR count). The van der Waals surface area contributed by atoms with E-state index in [1.54, 1.807) is 19.3 Å². The SMILES string of the molecule is CCC1C=CC(c2nc(C(=O)Nc3cn(C)nc3N3CCCC3=O)co2)=CC(=NCC(F)(F)F)C1. The maximum absolute atomic E-state index is 12.9. The Kier molecular flexibility index (Phi) is 6.90. The topological polar surface area (TPSA) is 106 Å². The first-order valence-corrected chi connectivity index (χ1v) is 11.2. The van der Waals surface area contributed by atoms with Crippen LogP contribution in [-0.4, -0.2) is 51.6 Å². The van der Waals surface area contributed by atoms with Crippen LogP contribution in [0.1, 0.15) is 49.0 Å². The van der Waals surface area contributed by atoms with E-state index in [0.717, 1.165) is 6.42 Å². The number of aryl methyl sites for hydroxylation is 1. The van der Waals surface area contributed by atoms with E-state index in [9.17, 15) is 22.8 Å². The number of hydrogen-bond acceptors (Lipinski definition) is 6. The van der Waals surface area contributed by atoms with E-state index < -0.39 is 18.6 Å². The van der Waals surface area contributed by atoms with Gasteiger partial charge in [-0.1, -0.05) is 19.1 Å². The highest BCUT2D eigenvalue weighted by Crippen LogP contribution is 2.29. The lowest BCUT2D eigenvalue weighted by atomic mass is 10.0. The fraction of sp³-hybridized carbons (Fsp3) is 0.435. The number of oxazole rings is 1. The molecule has 1 N–H and O–H groups in total. The standard InChI is InChI=1S/C23H25F3N6O3/c1-3-14-6-7-15(10-16(9-14)27-13-23(24,25)26)22-29-18(12-35-22)21(34)28-17-11-31(2)30-20(17)32-8-4-5-19(32)33/h6-7,10-12,14H,3-5,8-9,13H2,1-2H3,(H,28,34). The third kappa shape index (κ3) is 5.87. The number of carbonyl (C=O) groups is 2. The van der Waals surface area contributed by atoms with Crippen LogP contribution in [0, 0.1) is 5.92 Å². The second-order valence-corrected chi connectivity index (χ2v) is 8.43. The molecule has 1 saturated heterocycles. The molecule has 12 heteroatoms. The van der Waals surface area contributed by atoms with Crippen molar-refractivity contribution in [2.45, 2.75) is 38.8 Å². The second-order valence-electron chi connectivity index (χ2n) is 8.43. The Morgan fingerprint density at radius 1 is 1.37 bits per heavy atom. The molecule has 186 valence electrons. The van der Waals surface area contributed by atoms with Crippen LogP contribution in [-0.2, 0) is 11.8 Å². The van der Waals surface area contributed by atoms with Crippen LogP contribution in [0.25, 0.3) is 5.57 Å². The first kappa shape index (κ1) is 24.4. The number of hydrogen-bond donors (Lipinski definition) is 1. The number of allylic oxidation sites excluding steroid dienone is 4. The van der Waals surface area contributed by atoms with Gasteiger partial charge in [0.25, 0.3) is 5.91 Å². The zero-order valence-corrected chi connectivity index (χ0v) is 19.3. The molecule has 1 fully saturated rings. The van der Waals surface area contributed by atoms with Crippen LogP contribution in [0.3, 0.4) is 0 Å². The molecule has 1 aliphatic heterocycles. The zero-order valence-electron chi connectivity index (χ0n) is 19.3. The van der Waals surface area contributed by atoms with Gasteiger partial charge in [0.1, 0.15) is 18.5 Å². The van der Waals surface area contributed by atoms with Gasteiger partial charge in [-0.15, -0.1) is 0 Å². The van der Waals surface area contributed by atoms with Crippen LogP contribution in [0.2, 0.25) is 0 Å². The molecule has 0 radical (unpaired) electrons. The molecule has 0 spiro atoms. The van der Waals surface area contributed by atoms with Crippen molar-refractivity contribution in [2.24, 2.45) is 18.0 Å². The summed E-state index contributed by atoms with van der Waals surface area (Å²) < 4.78 is 45.0. The minimum atomic E-state index is -4.40. The highest BCUT2D eigenvalue weighted by molar-refractivity contribution is 6.07.